The first kappa shape index (κ1) is 15.6. The van der Waals surface area contributed by atoms with Crippen LogP contribution in [-0.2, 0) is 10.2 Å². The van der Waals surface area contributed by atoms with Crippen molar-refractivity contribution >= 4 is 17.8 Å². The molecule has 2 heterocycles. The Morgan fingerprint density at radius 3 is 2.74 bits per heavy atom. The van der Waals surface area contributed by atoms with Gasteiger partial charge in [-0.1, -0.05) is 13.8 Å². The third-order valence-corrected chi connectivity index (χ3v) is 4.67. The van der Waals surface area contributed by atoms with Crippen LogP contribution in [0.25, 0.3) is 0 Å². The second kappa shape index (κ2) is 5.40. The molecule has 1 saturated carbocycles. The molecule has 0 bridgehead atoms. The van der Waals surface area contributed by atoms with Crippen LogP contribution in [0.15, 0.2) is 10.5 Å². The van der Waals surface area contributed by atoms with Crippen LogP contribution < -0.4 is 10.6 Å². The van der Waals surface area contributed by atoms with E-state index in [0.29, 0.717) is 30.7 Å². The topological polar surface area (TPSA) is 109 Å². The minimum absolute atomic E-state index is 0.0962. The predicted octanol–water partition coefficient (Wildman–Crippen LogP) is 1.28. The Morgan fingerprint density at radius 2 is 2.09 bits per heavy atom. The lowest BCUT2D eigenvalue weighted by atomic mass is 9.80. The predicted molar refractivity (Wildman–Crippen MR) is 80.3 cm³/mol. The molecule has 3 N–H and O–H groups in total. The molecule has 3 rings (SSSR count). The van der Waals surface area contributed by atoms with E-state index in [2.05, 4.69) is 10.6 Å². The first-order valence-electron chi connectivity index (χ1n) is 7.74. The van der Waals surface area contributed by atoms with Crippen molar-refractivity contribution in [2.24, 2.45) is 5.92 Å². The van der Waals surface area contributed by atoms with Crippen molar-refractivity contribution in [1.82, 2.24) is 10.6 Å². The van der Waals surface area contributed by atoms with Crippen molar-refractivity contribution in [3.63, 3.8) is 0 Å². The molecule has 1 aromatic rings. The molecular weight excluding hydrogens is 300 g/mol. The highest BCUT2D eigenvalue weighted by molar-refractivity contribution is 6.00. The number of amides is 2. The van der Waals surface area contributed by atoms with E-state index in [9.17, 15) is 14.4 Å². The Bertz CT molecular complexity index is 670. The average Bonchev–Trinajstić information content (AvgIpc) is 2.83. The number of hydrogen-bond donors (Lipinski definition) is 3. The van der Waals surface area contributed by atoms with Gasteiger partial charge in [0.2, 0.25) is 0 Å². The second-order valence-corrected chi connectivity index (χ2v) is 6.92. The molecule has 1 aliphatic carbocycles. The lowest BCUT2D eigenvalue weighted by Gasteiger charge is -2.32. The Balaban J connectivity index is 1.75. The van der Waals surface area contributed by atoms with Crippen LogP contribution in [-0.4, -0.2) is 35.5 Å². The van der Waals surface area contributed by atoms with Crippen LogP contribution in [0, 0.1) is 5.92 Å². The van der Waals surface area contributed by atoms with Gasteiger partial charge in [-0.05, 0) is 19.3 Å². The van der Waals surface area contributed by atoms with Crippen LogP contribution in [0.1, 0.15) is 59.8 Å². The summed E-state index contributed by atoms with van der Waals surface area (Å²) in [6.07, 6.45) is 1.57. The summed E-state index contributed by atoms with van der Waals surface area (Å²) in [5, 5.41) is 14.4. The van der Waals surface area contributed by atoms with Gasteiger partial charge < -0.3 is 20.2 Å². The molecule has 2 amide bonds. The Kier molecular flexibility index (Phi) is 3.66. The molecule has 0 radical (unpaired) electrons. The molecule has 124 valence electrons. The van der Waals surface area contributed by atoms with Crippen LogP contribution in [0.3, 0.4) is 0 Å². The molecule has 23 heavy (non-hydrogen) atoms. The van der Waals surface area contributed by atoms with Crippen molar-refractivity contribution < 1.29 is 23.9 Å². The fourth-order valence-corrected chi connectivity index (χ4v) is 3.07. The molecule has 2 aliphatic rings. The fourth-order valence-electron chi connectivity index (χ4n) is 3.07. The van der Waals surface area contributed by atoms with Gasteiger partial charge in [0.25, 0.3) is 11.8 Å². The zero-order valence-corrected chi connectivity index (χ0v) is 13.1. The van der Waals surface area contributed by atoms with Crippen molar-refractivity contribution in [2.45, 2.75) is 44.6 Å². The lowest BCUT2D eigenvalue weighted by molar-refractivity contribution is -0.145. The zero-order valence-electron chi connectivity index (χ0n) is 13.1. The number of carbonyl (C=O) groups is 3. The SMILES string of the molecule is CC1(C)CCNC(=O)c2cc(C(=O)NC3CC(C(=O)O)C3)oc21. The molecule has 0 unspecified atom stereocenters. The average molecular weight is 320 g/mol. The van der Waals surface area contributed by atoms with E-state index >= 15 is 0 Å². The van der Waals surface area contributed by atoms with Gasteiger partial charge in [-0.25, -0.2) is 0 Å². The molecule has 1 aliphatic heterocycles. The van der Waals surface area contributed by atoms with Crippen molar-refractivity contribution in [3.05, 3.63) is 23.2 Å². The highest BCUT2D eigenvalue weighted by atomic mass is 16.4. The number of furan rings is 1. The number of nitrogens with one attached hydrogen (secondary N) is 2. The largest absolute Gasteiger partial charge is 0.481 e. The summed E-state index contributed by atoms with van der Waals surface area (Å²) in [4.78, 5) is 35.1. The highest BCUT2D eigenvalue weighted by Gasteiger charge is 2.38. The highest BCUT2D eigenvalue weighted by Crippen LogP contribution is 2.34. The van der Waals surface area contributed by atoms with Gasteiger partial charge >= 0.3 is 5.97 Å². The van der Waals surface area contributed by atoms with E-state index in [0.717, 1.165) is 6.42 Å². The summed E-state index contributed by atoms with van der Waals surface area (Å²) in [7, 11) is 0. The van der Waals surface area contributed by atoms with Gasteiger partial charge in [0.15, 0.2) is 5.76 Å². The Hall–Kier alpha value is -2.31. The number of carbonyl (C=O) groups excluding carboxylic acids is 2. The summed E-state index contributed by atoms with van der Waals surface area (Å²) in [5.74, 6) is -1.25. The summed E-state index contributed by atoms with van der Waals surface area (Å²) < 4.78 is 5.69. The molecule has 1 aromatic heterocycles. The maximum Gasteiger partial charge on any atom is 0.306 e. The Labute approximate surface area is 133 Å². The van der Waals surface area contributed by atoms with Crippen molar-refractivity contribution in [1.29, 1.82) is 0 Å². The number of aliphatic carboxylic acids is 1. The smallest absolute Gasteiger partial charge is 0.306 e. The van der Waals surface area contributed by atoms with Gasteiger partial charge in [-0.3, -0.25) is 14.4 Å². The summed E-state index contributed by atoms with van der Waals surface area (Å²) in [6.45, 7) is 4.51. The summed E-state index contributed by atoms with van der Waals surface area (Å²) in [6, 6.07) is 1.32. The molecule has 0 spiro atoms. The van der Waals surface area contributed by atoms with Crippen LogP contribution >= 0.6 is 0 Å². The number of rotatable bonds is 3. The Morgan fingerprint density at radius 1 is 1.39 bits per heavy atom. The number of fused-ring (bicyclic) bond motifs is 1. The molecule has 7 nitrogen and oxygen atoms in total. The van der Waals surface area contributed by atoms with E-state index in [1.807, 2.05) is 13.8 Å². The second-order valence-electron chi connectivity index (χ2n) is 6.92. The number of carboxylic acid groups (broad SMARTS) is 1. The third kappa shape index (κ3) is 2.83. The van der Waals surface area contributed by atoms with Crippen molar-refractivity contribution in [3.8, 4) is 0 Å². The zero-order chi connectivity index (χ0) is 16.8. The standard InChI is InChI=1S/C16H20N2O5/c1-16(2)3-4-17-13(19)10-7-11(23-12(10)16)14(20)18-9-5-8(6-9)15(21)22/h7-9H,3-6H2,1-2H3,(H,17,19)(H,18,20)(H,21,22). The fraction of sp³-hybridized carbons (Fsp3) is 0.562. The van der Waals surface area contributed by atoms with Crippen LogP contribution in [0.2, 0.25) is 0 Å². The minimum Gasteiger partial charge on any atom is -0.481 e. The maximum absolute atomic E-state index is 12.3. The van der Waals surface area contributed by atoms with Gasteiger partial charge in [-0.2, -0.15) is 0 Å². The van der Waals surface area contributed by atoms with E-state index in [-0.39, 0.29) is 23.1 Å². The van der Waals surface area contributed by atoms with Crippen LogP contribution in [0.4, 0.5) is 0 Å². The minimum atomic E-state index is -0.835. The molecule has 0 saturated heterocycles. The van der Waals surface area contributed by atoms with Gasteiger partial charge in [0.05, 0.1) is 11.5 Å². The van der Waals surface area contributed by atoms with Gasteiger partial charge in [0, 0.05) is 24.1 Å². The maximum atomic E-state index is 12.3. The quantitative estimate of drug-likeness (QED) is 0.777. The molecule has 0 aromatic carbocycles. The van der Waals surface area contributed by atoms with Gasteiger partial charge in [0.1, 0.15) is 5.76 Å². The van der Waals surface area contributed by atoms with E-state index in [1.165, 1.54) is 6.07 Å². The van der Waals surface area contributed by atoms with E-state index in [4.69, 9.17) is 9.52 Å². The van der Waals surface area contributed by atoms with E-state index in [1.54, 1.807) is 0 Å². The van der Waals surface area contributed by atoms with E-state index < -0.39 is 17.8 Å². The first-order valence-corrected chi connectivity index (χ1v) is 7.74. The molecule has 7 heteroatoms. The van der Waals surface area contributed by atoms with Crippen molar-refractivity contribution in [2.75, 3.05) is 6.54 Å². The molecule has 0 atom stereocenters. The van der Waals surface area contributed by atoms with Gasteiger partial charge in [-0.15, -0.1) is 0 Å². The molecule has 1 fully saturated rings. The van der Waals surface area contributed by atoms with Crippen LogP contribution in [0.5, 0.6) is 0 Å². The normalized spacial score (nSPS) is 25.6. The molecular formula is C16H20N2O5. The lowest BCUT2D eigenvalue weighted by Crippen LogP contribution is -2.46. The summed E-state index contributed by atoms with van der Waals surface area (Å²) in [5.41, 5.74) is 0.0624. The number of hydrogen-bond acceptors (Lipinski definition) is 4. The first-order chi connectivity index (χ1) is 10.8. The number of carboxylic acids is 1. The monoisotopic (exact) mass is 320 g/mol. The third-order valence-electron chi connectivity index (χ3n) is 4.67. The summed E-state index contributed by atoms with van der Waals surface area (Å²) >= 11 is 0.